The predicted molar refractivity (Wildman–Crippen MR) is 109 cm³/mol. The molecule has 0 atom stereocenters. The van der Waals surface area contributed by atoms with Crippen molar-refractivity contribution in [1.29, 1.82) is 0 Å². The normalized spacial score (nSPS) is 11.3. The monoisotopic (exact) mass is 366 g/mol. The Bertz CT molecular complexity index is 931. The molecule has 3 N–H and O–H groups in total. The summed E-state index contributed by atoms with van der Waals surface area (Å²) in [5, 5.41) is 9.22. The molecular formula is C21H26N4O2. The Morgan fingerprint density at radius 3 is 2.67 bits per heavy atom. The van der Waals surface area contributed by atoms with Gasteiger partial charge >= 0.3 is 0 Å². The Hall–Kier alpha value is -2.83. The number of hydrogen-bond donors (Lipinski definition) is 2. The summed E-state index contributed by atoms with van der Waals surface area (Å²) >= 11 is 0. The van der Waals surface area contributed by atoms with Gasteiger partial charge in [-0.15, -0.1) is 0 Å². The number of anilines is 1. The first-order valence-electron chi connectivity index (χ1n) is 8.91. The first-order chi connectivity index (χ1) is 13.0. The van der Waals surface area contributed by atoms with E-state index in [-0.39, 0.29) is 6.61 Å². The summed E-state index contributed by atoms with van der Waals surface area (Å²) in [4.78, 5) is 6.86. The van der Waals surface area contributed by atoms with E-state index in [0.29, 0.717) is 25.4 Å². The highest BCUT2D eigenvalue weighted by Gasteiger charge is 2.16. The van der Waals surface area contributed by atoms with Crippen molar-refractivity contribution < 1.29 is 9.84 Å². The molecule has 0 saturated carbocycles. The average Bonchev–Trinajstić information content (AvgIpc) is 2.98. The predicted octanol–water partition coefficient (Wildman–Crippen LogP) is 2.96. The lowest BCUT2D eigenvalue weighted by Gasteiger charge is -2.16. The van der Waals surface area contributed by atoms with E-state index < -0.39 is 0 Å². The van der Waals surface area contributed by atoms with Crippen molar-refractivity contribution in [3.8, 4) is 17.0 Å². The van der Waals surface area contributed by atoms with E-state index in [2.05, 4.69) is 11.5 Å². The fraction of sp³-hybridized carbons (Fsp3) is 0.286. The molecule has 0 unspecified atom stereocenters. The van der Waals surface area contributed by atoms with Crippen LogP contribution >= 0.6 is 0 Å². The molecule has 0 fully saturated rings. The standard InChI is InChI=1S/C21H26N4O2/c1-15(2)14-27-18-7-4-16(5-8-18)21-19(13-24(3)10-11-26)25-12-17(22)6-9-20(25)23-21/h4-9,12,26H,1,10-11,13-14,22H2,2-3H3. The van der Waals surface area contributed by atoms with Crippen LogP contribution in [-0.4, -0.2) is 46.2 Å². The topological polar surface area (TPSA) is 76.0 Å². The zero-order valence-corrected chi connectivity index (χ0v) is 15.9. The van der Waals surface area contributed by atoms with Crippen molar-refractivity contribution in [2.45, 2.75) is 13.5 Å². The van der Waals surface area contributed by atoms with Gasteiger partial charge in [0.25, 0.3) is 0 Å². The highest BCUT2D eigenvalue weighted by Crippen LogP contribution is 2.28. The molecule has 2 heterocycles. The molecule has 3 aromatic rings. The van der Waals surface area contributed by atoms with Crippen molar-refractivity contribution in [2.75, 3.05) is 32.5 Å². The number of imidazole rings is 1. The largest absolute Gasteiger partial charge is 0.489 e. The van der Waals surface area contributed by atoms with E-state index in [1.807, 2.05) is 61.0 Å². The molecule has 0 aliphatic heterocycles. The Labute approximate surface area is 159 Å². The number of hydrogen-bond acceptors (Lipinski definition) is 5. The highest BCUT2D eigenvalue weighted by atomic mass is 16.5. The number of fused-ring (bicyclic) bond motifs is 1. The van der Waals surface area contributed by atoms with Crippen LogP contribution in [0.4, 0.5) is 5.69 Å². The third kappa shape index (κ3) is 4.48. The average molecular weight is 366 g/mol. The number of nitrogens with two attached hydrogens (primary N) is 1. The smallest absolute Gasteiger partial charge is 0.137 e. The maximum absolute atomic E-state index is 9.22. The van der Waals surface area contributed by atoms with Gasteiger partial charge in [0, 0.05) is 30.5 Å². The van der Waals surface area contributed by atoms with Gasteiger partial charge in [-0.3, -0.25) is 4.90 Å². The fourth-order valence-electron chi connectivity index (χ4n) is 2.91. The van der Waals surface area contributed by atoms with E-state index in [1.165, 1.54) is 0 Å². The number of rotatable bonds is 8. The SMILES string of the molecule is C=C(C)COc1ccc(-c2nc3ccc(N)cn3c2CN(C)CCO)cc1. The Kier molecular flexibility index (Phi) is 5.78. The molecule has 1 aromatic carbocycles. The summed E-state index contributed by atoms with van der Waals surface area (Å²) in [5.74, 6) is 0.800. The van der Waals surface area contributed by atoms with Crippen molar-refractivity contribution >= 4 is 11.3 Å². The summed E-state index contributed by atoms with van der Waals surface area (Å²) < 4.78 is 7.70. The molecule has 0 spiro atoms. The third-order valence-electron chi connectivity index (χ3n) is 4.25. The van der Waals surface area contributed by atoms with E-state index in [0.717, 1.165) is 33.9 Å². The number of aliphatic hydroxyl groups excluding tert-OH is 1. The van der Waals surface area contributed by atoms with Crippen LogP contribution in [0.5, 0.6) is 5.75 Å². The summed E-state index contributed by atoms with van der Waals surface area (Å²) in [6, 6.07) is 11.7. The second-order valence-corrected chi connectivity index (χ2v) is 6.83. The molecule has 0 bridgehead atoms. The van der Waals surface area contributed by atoms with Gasteiger partial charge in [0.15, 0.2) is 0 Å². The van der Waals surface area contributed by atoms with Gasteiger partial charge < -0.3 is 20.0 Å². The van der Waals surface area contributed by atoms with Crippen LogP contribution in [0, 0.1) is 0 Å². The zero-order valence-electron chi connectivity index (χ0n) is 15.9. The fourth-order valence-corrected chi connectivity index (χ4v) is 2.91. The molecule has 6 nitrogen and oxygen atoms in total. The second-order valence-electron chi connectivity index (χ2n) is 6.83. The van der Waals surface area contributed by atoms with Crippen molar-refractivity contribution in [3.63, 3.8) is 0 Å². The van der Waals surface area contributed by atoms with Gasteiger partial charge in [0.05, 0.1) is 18.0 Å². The lowest BCUT2D eigenvalue weighted by atomic mass is 10.1. The molecular weight excluding hydrogens is 340 g/mol. The number of pyridine rings is 1. The van der Waals surface area contributed by atoms with E-state index in [1.54, 1.807) is 0 Å². The minimum Gasteiger partial charge on any atom is -0.489 e. The van der Waals surface area contributed by atoms with Crippen LogP contribution in [0.2, 0.25) is 0 Å². The van der Waals surface area contributed by atoms with E-state index in [4.69, 9.17) is 15.5 Å². The van der Waals surface area contributed by atoms with Crippen LogP contribution in [-0.2, 0) is 6.54 Å². The third-order valence-corrected chi connectivity index (χ3v) is 4.25. The van der Waals surface area contributed by atoms with Gasteiger partial charge in [0.2, 0.25) is 0 Å². The van der Waals surface area contributed by atoms with Gasteiger partial charge in [-0.05, 0) is 55.9 Å². The summed E-state index contributed by atoms with van der Waals surface area (Å²) in [6.07, 6.45) is 1.89. The van der Waals surface area contributed by atoms with Crippen LogP contribution in [0.15, 0.2) is 54.7 Å². The number of nitrogens with zero attached hydrogens (tertiary/aromatic N) is 3. The molecule has 0 saturated heterocycles. The Morgan fingerprint density at radius 1 is 1.26 bits per heavy atom. The molecule has 0 aliphatic rings. The van der Waals surface area contributed by atoms with Gasteiger partial charge in [-0.1, -0.05) is 6.58 Å². The summed E-state index contributed by atoms with van der Waals surface area (Å²) in [5.41, 5.74) is 11.4. The number of nitrogen functional groups attached to an aromatic ring is 1. The highest BCUT2D eigenvalue weighted by molar-refractivity contribution is 5.68. The van der Waals surface area contributed by atoms with Crippen LogP contribution < -0.4 is 10.5 Å². The first-order valence-corrected chi connectivity index (χ1v) is 8.91. The molecule has 6 heteroatoms. The lowest BCUT2D eigenvalue weighted by Crippen LogP contribution is -2.22. The Morgan fingerprint density at radius 2 is 2.00 bits per heavy atom. The maximum atomic E-state index is 9.22. The van der Waals surface area contributed by atoms with Crippen molar-refractivity contribution in [3.05, 3.63) is 60.4 Å². The van der Waals surface area contributed by atoms with Crippen LogP contribution in [0.3, 0.4) is 0 Å². The summed E-state index contributed by atoms with van der Waals surface area (Å²) in [6.45, 7) is 7.63. The van der Waals surface area contributed by atoms with Crippen LogP contribution in [0.1, 0.15) is 12.6 Å². The molecule has 0 aliphatic carbocycles. The molecule has 2 aromatic heterocycles. The van der Waals surface area contributed by atoms with Crippen molar-refractivity contribution in [2.24, 2.45) is 0 Å². The van der Waals surface area contributed by atoms with Crippen molar-refractivity contribution in [1.82, 2.24) is 14.3 Å². The van der Waals surface area contributed by atoms with E-state index >= 15 is 0 Å². The minimum absolute atomic E-state index is 0.111. The molecule has 27 heavy (non-hydrogen) atoms. The molecule has 0 amide bonds. The van der Waals surface area contributed by atoms with Gasteiger partial charge in [-0.2, -0.15) is 0 Å². The van der Waals surface area contributed by atoms with E-state index in [9.17, 15) is 5.11 Å². The lowest BCUT2D eigenvalue weighted by molar-refractivity contribution is 0.216. The number of aliphatic hydroxyl groups is 1. The zero-order chi connectivity index (χ0) is 19.4. The minimum atomic E-state index is 0.111. The van der Waals surface area contributed by atoms with Gasteiger partial charge in [0.1, 0.15) is 18.0 Å². The molecule has 142 valence electrons. The summed E-state index contributed by atoms with van der Waals surface area (Å²) in [7, 11) is 1.97. The Balaban J connectivity index is 1.98. The first kappa shape index (κ1) is 18.9. The number of benzene rings is 1. The number of aromatic nitrogens is 2. The quantitative estimate of drug-likeness (QED) is 0.600. The maximum Gasteiger partial charge on any atom is 0.137 e. The number of ether oxygens (including phenoxy) is 1. The van der Waals surface area contributed by atoms with Crippen LogP contribution in [0.25, 0.3) is 16.9 Å². The molecule has 0 radical (unpaired) electrons. The number of likely N-dealkylation sites (N-methyl/N-ethyl adjacent to an activating group) is 1. The second kappa shape index (κ2) is 8.24. The van der Waals surface area contributed by atoms with Gasteiger partial charge in [-0.25, -0.2) is 4.98 Å². The molecule has 3 rings (SSSR count).